The zero-order valence-corrected chi connectivity index (χ0v) is 13.5. The van der Waals surface area contributed by atoms with E-state index in [4.69, 9.17) is 0 Å². The van der Waals surface area contributed by atoms with Crippen molar-refractivity contribution in [3.05, 3.63) is 0 Å². The molecule has 2 nitrogen and oxygen atoms in total. The molecule has 18 heavy (non-hydrogen) atoms. The normalized spacial score (nSPS) is 30.4. The number of carbonyl (C=O) groups is 1. The fourth-order valence-electron chi connectivity index (χ4n) is 3.58. The molecule has 2 rings (SSSR count). The molecule has 0 bridgehead atoms. The molecule has 3 heteroatoms. The highest BCUT2D eigenvalue weighted by Gasteiger charge is 2.41. The summed E-state index contributed by atoms with van der Waals surface area (Å²) in [7, 11) is 0. The van der Waals surface area contributed by atoms with Gasteiger partial charge in [0, 0.05) is 23.8 Å². The molecule has 2 aliphatic rings. The first-order valence-electron chi connectivity index (χ1n) is 7.34. The maximum Gasteiger partial charge on any atom is 0.226 e. The van der Waals surface area contributed by atoms with Crippen LogP contribution in [-0.2, 0) is 4.79 Å². The number of amides is 1. The van der Waals surface area contributed by atoms with Crippen molar-refractivity contribution in [1.82, 2.24) is 4.90 Å². The van der Waals surface area contributed by atoms with Crippen LogP contribution in [0.1, 0.15) is 52.9 Å². The van der Waals surface area contributed by atoms with Gasteiger partial charge in [0.25, 0.3) is 0 Å². The average Bonchev–Trinajstić information content (AvgIpc) is 2.68. The Kier molecular flexibility index (Phi) is 4.40. The summed E-state index contributed by atoms with van der Waals surface area (Å²) in [5, 5.41) is 0. The quantitative estimate of drug-likeness (QED) is 0.709. The third-order valence-corrected chi connectivity index (χ3v) is 5.80. The standard InChI is InChI=1S/C15H26BrNO/c1-11(16)12-6-9-17(10-7-12)14(18)13-5-4-8-15(13,2)3/h11-13H,4-10H2,1-3H3. The third-order valence-electron chi connectivity index (χ3n) is 5.06. The van der Waals surface area contributed by atoms with Gasteiger partial charge < -0.3 is 4.90 Å². The number of hydrogen-bond donors (Lipinski definition) is 0. The Hall–Kier alpha value is -0.0500. The summed E-state index contributed by atoms with van der Waals surface area (Å²) in [5.41, 5.74) is 0.219. The lowest BCUT2D eigenvalue weighted by Crippen LogP contribution is -2.45. The number of hydrogen-bond acceptors (Lipinski definition) is 1. The highest BCUT2D eigenvalue weighted by Crippen LogP contribution is 2.43. The van der Waals surface area contributed by atoms with E-state index in [1.54, 1.807) is 0 Å². The van der Waals surface area contributed by atoms with Crippen molar-refractivity contribution in [3.8, 4) is 0 Å². The van der Waals surface area contributed by atoms with Gasteiger partial charge in [0.15, 0.2) is 0 Å². The molecule has 1 amide bonds. The molecule has 1 aliphatic carbocycles. The summed E-state index contributed by atoms with van der Waals surface area (Å²) in [5.74, 6) is 1.44. The van der Waals surface area contributed by atoms with Crippen molar-refractivity contribution in [1.29, 1.82) is 0 Å². The molecule has 0 aromatic heterocycles. The molecule has 0 aromatic rings. The summed E-state index contributed by atoms with van der Waals surface area (Å²) in [6.45, 7) is 8.67. The van der Waals surface area contributed by atoms with Gasteiger partial charge in [-0.25, -0.2) is 0 Å². The number of halogens is 1. The van der Waals surface area contributed by atoms with Gasteiger partial charge in [0.1, 0.15) is 0 Å². The van der Waals surface area contributed by atoms with Gasteiger partial charge in [0.2, 0.25) is 5.91 Å². The van der Waals surface area contributed by atoms with E-state index < -0.39 is 0 Å². The van der Waals surface area contributed by atoms with Crippen molar-refractivity contribution in [2.45, 2.75) is 57.7 Å². The molecule has 104 valence electrons. The maximum absolute atomic E-state index is 12.6. The molecule has 0 N–H and O–H groups in total. The minimum Gasteiger partial charge on any atom is -0.342 e. The Morgan fingerprint density at radius 3 is 2.33 bits per heavy atom. The zero-order chi connectivity index (χ0) is 13.3. The Labute approximate surface area is 120 Å². The minimum atomic E-state index is 0.219. The number of nitrogens with zero attached hydrogens (tertiary/aromatic N) is 1. The topological polar surface area (TPSA) is 20.3 Å². The lowest BCUT2D eigenvalue weighted by atomic mass is 9.80. The molecule has 1 aliphatic heterocycles. The Morgan fingerprint density at radius 2 is 1.89 bits per heavy atom. The molecular formula is C15H26BrNO. The van der Waals surface area contributed by atoms with E-state index in [9.17, 15) is 4.79 Å². The molecule has 0 spiro atoms. The van der Waals surface area contributed by atoms with Crippen LogP contribution in [-0.4, -0.2) is 28.7 Å². The summed E-state index contributed by atoms with van der Waals surface area (Å²) in [6.07, 6.45) is 5.84. The third kappa shape index (κ3) is 2.92. The van der Waals surface area contributed by atoms with Crippen LogP contribution in [0.25, 0.3) is 0 Å². The highest BCUT2D eigenvalue weighted by atomic mass is 79.9. The minimum absolute atomic E-state index is 0.219. The lowest BCUT2D eigenvalue weighted by molar-refractivity contribution is -0.139. The summed E-state index contributed by atoms with van der Waals surface area (Å²) < 4.78 is 0. The monoisotopic (exact) mass is 315 g/mol. The molecule has 1 heterocycles. The van der Waals surface area contributed by atoms with Gasteiger partial charge in [-0.15, -0.1) is 0 Å². The van der Waals surface area contributed by atoms with E-state index in [1.807, 2.05) is 0 Å². The van der Waals surface area contributed by atoms with Crippen molar-refractivity contribution in [2.75, 3.05) is 13.1 Å². The largest absolute Gasteiger partial charge is 0.342 e. The second-order valence-corrected chi connectivity index (χ2v) is 8.22. The van der Waals surface area contributed by atoms with Crippen molar-refractivity contribution >= 4 is 21.8 Å². The second kappa shape index (κ2) is 5.52. The molecular weight excluding hydrogens is 290 g/mol. The molecule has 2 atom stereocenters. The van der Waals surface area contributed by atoms with Crippen LogP contribution in [0.3, 0.4) is 0 Å². The number of rotatable bonds is 2. The summed E-state index contributed by atoms with van der Waals surface area (Å²) in [4.78, 5) is 15.3. The van der Waals surface area contributed by atoms with Crippen molar-refractivity contribution in [2.24, 2.45) is 17.3 Å². The first-order chi connectivity index (χ1) is 8.42. The smallest absolute Gasteiger partial charge is 0.226 e. The summed E-state index contributed by atoms with van der Waals surface area (Å²) in [6, 6.07) is 0. The average molecular weight is 316 g/mol. The zero-order valence-electron chi connectivity index (χ0n) is 11.9. The van der Waals surface area contributed by atoms with E-state index in [-0.39, 0.29) is 11.3 Å². The lowest BCUT2D eigenvalue weighted by Gasteiger charge is -2.37. The maximum atomic E-state index is 12.6. The van der Waals surface area contributed by atoms with E-state index in [1.165, 1.54) is 12.8 Å². The van der Waals surface area contributed by atoms with E-state index in [2.05, 4.69) is 41.6 Å². The Balaban J connectivity index is 1.92. The van der Waals surface area contributed by atoms with Crippen LogP contribution >= 0.6 is 15.9 Å². The van der Waals surface area contributed by atoms with Crippen molar-refractivity contribution < 1.29 is 4.79 Å². The van der Waals surface area contributed by atoms with Gasteiger partial charge in [-0.2, -0.15) is 0 Å². The van der Waals surface area contributed by atoms with Gasteiger partial charge in [-0.1, -0.05) is 43.1 Å². The van der Waals surface area contributed by atoms with Crippen LogP contribution in [0, 0.1) is 17.3 Å². The number of alkyl halides is 1. The SMILES string of the molecule is CC(Br)C1CCN(C(=O)C2CCCC2(C)C)CC1. The number of piperidine rings is 1. The molecule has 1 saturated carbocycles. The van der Waals surface area contributed by atoms with Crippen molar-refractivity contribution in [3.63, 3.8) is 0 Å². The van der Waals surface area contributed by atoms with Crippen LogP contribution in [0.5, 0.6) is 0 Å². The first kappa shape index (κ1) is 14.4. The highest BCUT2D eigenvalue weighted by molar-refractivity contribution is 9.09. The van der Waals surface area contributed by atoms with E-state index in [0.29, 0.717) is 10.7 Å². The number of carbonyl (C=O) groups excluding carboxylic acids is 1. The second-order valence-electron chi connectivity index (χ2n) is 6.77. The predicted molar refractivity (Wildman–Crippen MR) is 78.8 cm³/mol. The summed E-state index contributed by atoms with van der Waals surface area (Å²) >= 11 is 3.67. The fourth-order valence-corrected chi connectivity index (χ4v) is 4.11. The molecule has 0 aromatic carbocycles. The van der Waals surface area contributed by atoms with Gasteiger partial charge in [-0.3, -0.25) is 4.79 Å². The molecule has 1 saturated heterocycles. The molecule has 2 unspecified atom stereocenters. The predicted octanol–water partition coefficient (Wildman–Crippen LogP) is 3.83. The Bertz CT molecular complexity index is 306. The van der Waals surface area contributed by atoms with Crippen LogP contribution in [0.4, 0.5) is 0 Å². The van der Waals surface area contributed by atoms with E-state index in [0.717, 1.165) is 38.3 Å². The van der Waals surface area contributed by atoms with Gasteiger partial charge in [0.05, 0.1) is 0 Å². The number of likely N-dealkylation sites (tertiary alicyclic amines) is 1. The van der Waals surface area contributed by atoms with E-state index >= 15 is 0 Å². The van der Waals surface area contributed by atoms with Crippen LogP contribution in [0.15, 0.2) is 0 Å². The Morgan fingerprint density at radius 1 is 1.28 bits per heavy atom. The van der Waals surface area contributed by atoms with Gasteiger partial charge >= 0.3 is 0 Å². The first-order valence-corrected chi connectivity index (χ1v) is 8.26. The van der Waals surface area contributed by atoms with Crippen LogP contribution < -0.4 is 0 Å². The van der Waals surface area contributed by atoms with Gasteiger partial charge in [-0.05, 0) is 37.0 Å². The fraction of sp³-hybridized carbons (Fsp3) is 0.933. The van der Waals surface area contributed by atoms with Crippen LogP contribution in [0.2, 0.25) is 0 Å². The molecule has 2 fully saturated rings. The molecule has 0 radical (unpaired) electrons.